The van der Waals surface area contributed by atoms with E-state index >= 15 is 0 Å². The van der Waals surface area contributed by atoms with E-state index in [1.54, 1.807) is 0 Å². The fraction of sp³-hybridized carbons (Fsp3) is 0.389. The number of unbranched alkanes of at least 4 members (excludes halogenated alkanes) is 1. The minimum absolute atomic E-state index is 0.119. The highest BCUT2D eigenvalue weighted by Gasteiger charge is 2.17. The number of ether oxygens (including phenoxy) is 3. The first-order chi connectivity index (χ1) is 12.5. The fourth-order valence-electron chi connectivity index (χ4n) is 2.05. The van der Waals surface area contributed by atoms with Gasteiger partial charge in [-0.1, -0.05) is 13.3 Å². The monoisotopic (exact) mass is 361 g/mol. The van der Waals surface area contributed by atoms with Crippen LogP contribution in [0.3, 0.4) is 0 Å². The molecule has 1 aromatic rings. The maximum absolute atomic E-state index is 12.0. The van der Waals surface area contributed by atoms with Gasteiger partial charge in [0.15, 0.2) is 11.5 Å². The Bertz CT molecular complexity index is 722. The number of anilines is 1. The quantitative estimate of drug-likeness (QED) is 0.300. The Hall–Kier alpha value is -3.21. The summed E-state index contributed by atoms with van der Waals surface area (Å²) in [6, 6.07) is 4.80. The number of carbonyl (C=O) groups excluding carboxylic acids is 2. The second kappa shape index (κ2) is 10.6. The summed E-state index contributed by atoms with van der Waals surface area (Å²) in [5, 5.41) is 14.6. The summed E-state index contributed by atoms with van der Waals surface area (Å²) in [5.74, 6) is -0.372. The molecule has 26 heavy (non-hydrogen) atoms. The van der Waals surface area contributed by atoms with Crippen LogP contribution in [0.1, 0.15) is 30.1 Å². The van der Waals surface area contributed by atoms with Crippen LogP contribution in [0.25, 0.3) is 0 Å². The average molecular weight is 361 g/mol. The maximum Gasteiger partial charge on any atom is 0.340 e. The predicted molar refractivity (Wildman–Crippen MR) is 96.1 cm³/mol. The van der Waals surface area contributed by atoms with E-state index in [1.165, 1.54) is 39.7 Å². The van der Waals surface area contributed by atoms with E-state index in [-0.39, 0.29) is 11.1 Å². The van der Waals surface area contributed by atoms with Crippen molar-refractivity contribution < 1.29 is 23.8 Å². The Morgan fingerprint density at radius 1 is 1.19 bits per heavy atom. The Morgan fingerprint density at radius 2 is 1.85 bits per heavy atom. The Labute approximate surface area is 152 Å². The summed E-state index contributed by atoms with van der Waals surface area (Å²) >= 11 is 0. The van der Waals surface area contributed by atoms with Gasteiger partial charge in [0, 0.05) is 24.9 Å². The molecule has 8 nitrogen and oxygen atoms in total. The van der Waals surface area contributed by atoms with Crippen molar-refractivity contribution in [1.82, 2.24) is 5.32 Å². The van der Waals surface area contributed by atoms with E-state index in [0.717, 1.165) is 12.8 Å². The summed E-state index contributed by atoms with van der Waals surface area (Å²) in [7, 11) is 4.15. The van der Waals surface area contributed by atoms with Gasteiger partial charge in [-0.3, -0.25) is 4.79 Å². The van der Waals surface area contributed by atoms with Crippen LogP contribution in [0.5, 0.6) is 11.5 Å². The number of nitrogens with one attached hydrogen (secondary N) is 2. The number of carbonyl (C=O) groups is 2. The first kappa shape index (κ1) is 20.8. The minimum atomic E-state index is -0.604. The molecular weight excluding hydrogens is 338 g/mol. The van der Waals surface area contributed by atoms with Gasteiger partial charge in [0.2, 0.25) is 0 Å². The molecule has 0 spiro atoms. The summed E-state index contributed by atoms with van der Waals surface area (Å²) in [6.45, 7) is 2.48. The van der Waals surface area contributed by atoms with E-state index in [0.29, 0.717) is 23.7 Å². The molecule has 0 atom stereocenters. The summed E-state index contributed by atoms with van der Waals surface area (Å²) in [5.41, 5.74) is 0.361. The smallest absolute Gasteiger partial charge is 0.340 e. The molecule has 1 amide bonds. The van der Waals surface area contributed by atoms with Gasteiger partial charge in [-0.15, -0.1) is 0 Å². The lowest BCUT2D eigenvalue weighted by atomic mass is 10.1. The number of nitriles is 1. The van der Waals surface area contributed by atoms with E-state index in [1.807, 2.05) is 13.0 Å². The van der Waals surface area contributed by atoms with Gasteiger partial charge < -0.3 is 24.8 Å². The zero-order valence-corrected chi connectivity index (χ0v) is 15.3. The Balaban J connectivity index is 3.14. The van der Waals surface area contributed by atoms with E-state index in [4.69, 9.17) is 14.2 Å². The van der Waals surface area contributed by atoms with Crippen LogP contribution < -0.4 is 20.1 Å². The number of hydrogen-bond acceptors (Lipinski definition) is 7. The van der Waals surface area contributed by atoms with Crippen molar-refractivity contribution in [2.24, 2.45) is 0 Å². The van der Waals surface area contributed by atoms with Crippen LogP contribution in [0, 0.1) is 11.3 Å². The molecule has 0 saturated heterocycles. The normalized spacial score (nSPS) is 10.5. The third kappa shape index (κ3) is 5.41. The SMILES string of the molecule is CCCCNC(=O)C(C#N)=CNc1cc(OC)c(OC)cc1C(=O)OC. The van der Waals surface area contributed by atoms with Crippen LogP contribution in [-0.4, -0.2) is 39.8 Å². The number of rotatable bonds is 9. The molecule has 0 bridgehead atoms. The third-order valence-corrected chi connectivity index (χ3v) is 3.48. The lowest BCUT2D eigenvalue weighted by Gasteiger charge is -2.14. The van der Waals surface area contributed by atoms with Crippen LogP contribution in [0.2, 0.25) is 0 Å². The van der Waals surface area contributed by atoms with Gasteiger partial charge in [0.1, 0.15) is 11.6 Å². The van der Waals surface area contributed by atoms with Gasteiger partial charge in [0.05, 0.1) is 32.6 Å². The topological polar surface area (TPSA) is 110 Å². The number of amides is 1. The number of methoxy groups -OCH3 is 3. The molecule has 2 N–H and O–H groups in total. The molecular formula is C18H23N3O5. The van der Waals surface area contributed by atoms with Crippen molar-refractivity contribution in [2.45, 2.75) is 19.8 Å². The van der Waals surface area contributed by atoms with Gasteiger partial charge in [-0.25, -0.2) is 4.79 Å². The standard InChI is InChI=1S/C18H23N3O5/c1-5-6-7-20-17(22)12(10-19)11-21-14-9-16(25-3)15(24-2)8-13(14)18(23)26-4/h8-9,11,21H,5-7H2,1-4H3,(H,20,22). The fourth-order valence-corrected chi connectivity index (χ4v) is 2.05. The molecule has 140 valence electrons. The number of benzene rings is 1. The van der Waals surface area contributed by atoms with Crippen molar-refractivity contribution >= 4 is 17.6 Å². The molecule has 0 fully saturated rings. The molecule has 0 heterocycles. The second-order valence-electron chi connectivity index (χ2n) is 5.17. The highest BCUT2D eigenvalue weighted by atomic mass is 16.5. The number of hydrogen-bond donors (Lipinski definition) is 2. The zero-order valence-electron chi connectivity index (χ0n) is 15.3. The van der Waals surface area contributed by atoms with Crippen LogP contribution >= 0.6 is 0 Å². The molecule has 0 radical (unpaired) electrons. The summed E-state index contributed by atoms with van der Waals surface area (Å²) in [4.78, 5) is 24.0. The van der Waals surface area contributed by atoms with Crippen LogP contribution in [-0.2, 0) is 9.53 Å². The first-order valence-electron chi connectivity index (χ1n) is 8.01. The third-order valence-electron chi connectivity index (χ3n) is 3.48. The minimum Gasteiger partial charge on any atom is -0.493 e. The molecule has 0 aliphatic rings. The largest absolute Gasteiger partial charge is 0.493 e. The number of nitrogens with zero attached hydrogens (tertiary/aromatic N) is 1. The molecule has 0 saturated carbocycles. The predicted octanol–water partition coefficient (Wildman–Crippen LogP) is 2.23. The van der Waals surface area contributed by atoms with E-state index < -0.39 is 11.9 Å². The van der Waals surface area contributed by atoms with Gasteiger partial charge in [-0.2, -0.15) is 5.26 Å². The highest BCUT2D eigenvalue weighted by molar-refractivity contribution is 5.99. The Morgan fingerprint density at radius 3 is 2.38 bits per heavy atom. The number of esters is 1. The summed E-state index contributed by atoms with van der Waals surface area (Å²) < 4.78 is 15.1. The van der Waals surface area contributed by atoms with Crippen LogP contribution in [0.4, 0.5) is 5.69 Å². The lowest BCUT2D eigenvalue weighted by Crippen LogP contribution is -2.26. The highest BCUT2D eigenvalue weighted by Crippen LogP contribution is 2.33. The van der Waals surface area contributed by atoms with Gasteiger partial charge in [0.25, 0.3) is 5.91 Å². The van der Waals surface area contributed by atoms with Crippen molar-refractivity contribution in [2.75, 3.05) is 33.2 Å². The molecule has 0 aliphatic heterocycles. The molecule has 0 aromatic heterocycles. The average Bonchev–Trinajstić information content (AvgIpc) is 2.67. The van der Waals surface area contributed by atoms with Crippen LogP contribution in [0.15, 0.2) is 23.9 Å². The second-order valence-corrected chi connectivity index (χ2v) is 5.17. The van der Waals surface area contributed by atoms with Crippen molar-refractivity contribution in [1.29, 1.82) is 5.26 Å². The molecule has 0 aliphatic carbocycles. The molecule has 1 aromatic carbocycles. The van der Waals surface area contributed by atoms with E-state index in [9.17, 15) is 14.9 Å². The molecule has 0 unspecified atom stereocenters. The van der Waals surface area contributed by atoms with Gasteiger partial charge in [-0.05, 0) is 6.42 Å². The van der Waals surface area contributed by atoms with Crippen molar-refractivity contribution in [3.05, 3.63) is 29.5 Å². The lowest BCUT2D eigenvalue weighted by molar-refractivity contribution is -0.117. The first-order valence-corrected chi connectivity index (χ1v) is 8.01. The summed E-state index contributed by atoms with van der Waals surface area (Å²) in [6.07, 6.45) is 2.98. The molecule has 1 rings (SSSR count). The maximum atomic E-state index is 12.0. The molecule has 8 heteroatoms. The zero-order chi connectivity index (χ0) is 19.5. The van der Waals surface area contributed by atoms with Crippen molar-refractivity contribution in [3.8, 4) is 17.6 Å². The van der Waals surface area contributed by atoms with Crippen molar-refractivity contribution in [3.63, 3.8) is 0 Å². The van der Waals surface area contributed by atoms with Gasteiger partial charge >= 0.3 is 5.97 Å². The Kier molecular flexibility index (Phi) is 8.50. The van der Waals surface area contributed by atoms with E-state index in [2.05, 4.69) is 10.6 Å².